The van der Waals surface area contributed by atoms with Gasteiger partial charge in [-0.05, 0) is 55.3 Å². The van der Waals surface area contributed by atoms with Crippen molar-refractivity contribution >= 4 is 23.0 Å². The first-order chi connectivity index (χ1) is 12.3. The maximum absolute atomic E-state index is 4.36. The zero-order valence-electron chi connectivity index (χ0n) is 15.2. The predicted molar refractivity (Wildman–Crippen MR) is 109 cm³/mol. The summed E-state index contributed by atoms with van der Waals surface area (Å²) >= 11 is 1.80. The highest BCUT2D eigenvalue weighted by atomic mass is 32.1. The van der Waals surface area contributed by atoms with Crippen molar-refractivity contribution in [3.63, 3.8) is 0 Å². The van der Waals surface area contributed by atoms with Gasteiger partial charge in [0, 0.05) is 37.2 Å². The lowest BCUT2D eigenvalue weighted by molar-refractivity contribution is 0.684. The summed E-state index contributed by atoms with van der Waals surface area (Å²) in [5.41, 5.74) is 2.63. The number of benzene rings is 1. The Morgan fingerprint density at radius 3 is 2.80 bits per heavy atom. The van der Waals surface area contributed by atoms with Gasteiger partial charge >= 0.3 is 0 Å². The summed E-state index contributed by atoms with van der Waals surface area (Å²) in [7, 11) is 1.83. The summed E-state index contributed by atoms with van der Waals surface area (Å²) in [6.07, 6.45) is 3.63. The Balaban J connectivity index is 1.54. The van der Waals surface area contributed by atoms with Crippen molar-refractivity contribution in [1.29, 1.82) is 0 Å². The van der Waals surface area contributed by atoms with Crippen LogP contribution in [0.15, 0.2) is 46.8 Å². The highest BCUT2D eigenvalue weighted by Crippen LogP contribution is 2.23. The molecule has 1 fully saturated rings. The Hall–Kier alpha value is -2.01. The quantitative estimate of drug-likeness (QED) is 0.611. The number of anilines is 1. The number of hydrogen-bond acceptors (Lipinski definition) is 3. The second-order valence-electron chi connectivity index (χ2n) is 6.48. The van der Waals surface area contributed by atoms with Gasteiger partial charge < -0.3 is 15.5 Å². The van der Waals surface area contributed by atoms with Gasteiger partial charge in [-0.1, -0.05) is 18.2 Å². The number of nitrogens with one attached hydrogen (secondary N) is 2. The third-order valence-corrected chi connectivity index (χ3v) is 5.60. The van der Waals surface area contributed by atoms with Gasteiger partial charge in [0.1, 0.15) is 0 Å². The molecule has 2 N–H and O–H groups in total. The molecule has 1 aliphatic rings. The van der Waals surface area contributed by atoms with Crippen LogP contribution in [0.25, 0.3) is 0 Å². The molecule has 5 heteroatoms. The number of hydrogen-bond donors (Lipinski definition) is 2. The molecular weight excluding hydrogens is 328 g/mol. The third-order valence-electron chi connectivity index (χ3n) is 4.66. The molecule has 0 saturated carbocycles. The summed E-state index contributed by atoms with van der Waals surface area (Å²) in [6.45, 7) is 5.43. The largest absolute Gasteiger partial charge is 0.372 e. The average molecular weight is 357 g/mol. The standard InChI is InChI=1S/C20H28N4S/c1-16(17-7-5-8-18(15-17)24-12-3-4-13-24)23-20(21-2)22-11-10-19-9-6-14-25-19/h5-9,14-16H,3-4,10-13H2,1-2H3,(H2,21,22,23). The Kier molecular flexibility index (Phi) is 6.34. The van der Waals surface area contributed by atoms with Crippen molar-refractivity contribution in [2.24, 2.45) is 4.99 Å². The van der Waals surface area contributed by atoms with Crippen LogP contribution in [0.2, 0.25) is 0 Å². The van der Waals surface area contributed by atoms with Gasteiger partial charge in [0.05, 0.1) is 6.04 Å². The highest BCUT2D eigenvalue weighted by molar-refractivity contribution is 7.09. The van der Waals surface area contributed by atoms with Gasteiger partial charge in [-0.25, -0.2) is 0 Å². The fraction of sp³-hybridized carbons (Fsp3) is 0.450. The van der Waals surface area contributed by atoms with Gasteiger partial charge in [0.25, 0.3) is 0 Å². The molecule has 0 bridgehead atoms. The first kappa shape index (κ1) is 17.8. The van der Waals surface area contributed by atoms with Crippen LogP contribution in [0.5, 0.6) is 0 Å². The molecule has 25 heavy (non-hydrogen) atoms. The molecule has 0 spiro atoms. The Morgan fingerprint density at radius 2 is 2.08 bits per heavy atom. The van der Waals surface area contributed by atoms with E-state index in [1.54, 1.807) is 11.3 Å². The van der Waals surface area contributed by atoms with E-state index in [1.165, 1.54) is 42.1 Å². The summed E-state index contributed by atoms with van der Waals surface area (Å²) in [6, 6.07) is 13.4. The smallest absolute Gasteiger partial charge is 0.191 e. The first-order valence-corrected chi connectivity index (χ1v) is 9.98. The van der Waals surface area contributed by atoms with Gasteiger partial charge in [-0.2, -0.15) is 0 Å². The molecule has 0 aliphatic carbocycles. The van der Waals surface area contributed by atoms with E-state index in [4.69, 9.17) is 0 Å². The van der Waals surface area contributed by atoms with E-state index in [9.17, 15) is 0 Å². The van der Waals surface area contributed by atoms with Crippen LogP contribution in [-0.2, 0) is 6.42 Å². The zero-order chi connectivity index (χ0) is 17.5. The minimum absolute atomic E-state index is 0.218. The lowest BCUT2D eigenvalue weighted by Crippen LogP contribution is -2.39. The second kappa shape index (κ2) is 8.90. The van der Waals surface area contributed by atoms with E-state index < -0.39 is 0 Å². The normalized spacial score (nSPS) is 16.1. The number of aliphatic imine (C=N–C) groups is 1. The average Bonchev–Trinajstić information content (AvgIpc) is 3.34. The molecule has 2 heterocycles. The molecule has 1 aliphatic heterocycles. The van der Waals surface area contributed by atoms with E-state index in [-0.39, 0.29) is 6.04 Å². The van der Waals surface area contributed by atoms with E-state index in [2.05, 4.69) is 69.2 Å². The number of thiophene rings is 1. The fourth-order valence-corrected chi connectivity index (χ4v) is 3.92. The Morgan fingerprint density at radius 1 is 1.24 bits per heavy atom. The molecular formula is C20H28N4S. The summed E-state index contributed by atoms with van der Waals surface area (Å²) in [5.74, 6) is 0.857. The summed E-state index contributed by atoms with van der Waals surface area (Å²) in [4.78, 5) is 8.23. The fourth-order valence-electron chi connectivity index (χ4n) is 3.21. The van der Waals surface area contributed by atoms with Crippen LogP contribution < -0.4 is 15.5 Å². The van der Waals surface area contributed by atoms with Gasteiger partial charge in [0.15, 0.2) is 5.96 Å². The van der Waals surface area contributed by atoms with Crippen LogP contribution in [0.3, 0.4) is 0 Å². The molecule has 1 aromatic heterocycles. The molecule has 134 valence electrons. The molecule has 1 saturated heterocycles. The minimum Gasteiger partial charge on any atom is -0.372 e. The van der Waals surface area contributed by atoms with E-state index in [1.807, 2.05) is 7.05 Å². The van der Waals surface area contributed by atoms with Gasteiger partial charge in [-0.3, -0.25) is 4.99 Å². The van der Waals surface area contributed by atoms with Crippen molar-refractivity contribution in [1.82, 2.24) is 10.6 Å². The Labute approximate surface area is 155 Å². The maximum atomic E-state index is 4.36. The van der Waals surface area contributed by atoms with E-state index in [0.717, 1.165) is 18.9 Å². The maximum Gasteiger partial charge on any atom is 0.191 e. The highest BCUT2D eigenvalue weighted by Gasteiger charge is 2.14. The van der Waals surface area contributed by atoms with Crippen LogP contribution in [0, 0.1) is 0 Å². The van der Waals surface area contributed by atoms with Crippen molar-refractivity contribution in [3.05, 3.63) is 52.2 Å². The first-order valence-electron chi connectivity index (χ1n) is 9.11. The number of rotatable bonds is 6. The third kappa shape index (κ3) is 4.98. The van der Waals surface area contributed by atoms with Crippen molar-refractivity contribution in [3.8, 4) is 0 Å². The topological polar surface area (TPSA) is 39.7 Å². The van der Waals surface area contributed by atoms with Crippen LogP contribution >= 0.6 is 11.3 Å². The lowest BCUT2D eigenvalue weighted by atomic mass is 10.1. The van der Waals surface area contributed by atoms with Gasteiger partial charge in [0.2, 0.25) is 0 Å². The second-order valence-corrected chi connectivity index (χ2v) is 7.52. The van der Waals surface area contributed by atoms with Crippen molar-refractivity contribution in [2.75, 3.05) is 31.6 Å². The van der Waals surface area contributed by atoms with E-state index >= 15 is 0 Å². The summed E-state index contributed by atoms with van der Waals surface area (Å²) in [5, 5.41) is 9.04. The van der Waals surface area contributed by atoms with Crippen LogP contribution in [0.4, 0.5) is 5.69 Å². The molecule has 0 radical (unpaired) electrons. The molecule has 0 amide bonds. The molecule has 3 rings (SSSR count). The van der Waals surface area contributed by atoms with Crippen LogP contribution in [0.1, 0.15) is 36.2 Å². The Bertz CT molecular complexity index is 675. The monoisotopic (exact) mass is 356 g/mol. The molecule has 1 unspecified atom stereocenters. The SMILES string of the molecule is CN=C(NCCc1cccs1)NC(C)c1cccc(N2CCCC2)c1. The molecule has 4 nitrogen and oxygen atoms in total. The molecule has 1 atom stereocenters. The number of nitrogens with zero attached hydrogens (tertiary/aromatic N) is 2. The zero-order valence-corrected chi connectivity index (χ0v) is 16.0. The summed E-state index contributed by atoms with van der Waals surface area (Å²) < 4.78 is 0. The minimum atomic E-state index is 0.218. The predicted octanol–water partition coefficient (Wildman–Crippen LogP) is 3.82. The molecule has 2 aromatic rings. The molecule has 1 aromatic carbocycles. The van der Waals surface area contributed by atoms with Crippen molar-refractivity contribution in [2.45, 2.75) is 32.2 Å². The lowest BCUT2D eigenvalue weighted by Gasteiger charge is -2.22. The van der Waals surface area contributed by atoms with Crippen molar-refractivity contribution < 1.29 is 0 Å². The van der Waals surface area contributed by atoms with E-state index in [0.29, 0.717) is 0 Å². The van der Waals surface area contributed by atoms with Gasteiger partial charge in [-0.15, -0.1) is 11.3 Å². The van der Waals surface area contributed by atoms with Crippen LogP contribution in [-0.4, -0.2) is 32.6 Å². The number of guanidine groups is 1.